The molecule has 2 aromatic rings. The summed E-state index contributed by atoms with van der Waals surface area (Å²) in [7, 11) is 1.63. The fraction of sp³-hybridized carbons (Fsp3) is 0.357. The molecule has 2 rings (SSSR count). The Bertz CT molecular complexity index is 566. The van der Waals surface area contributed by atoms with Crippen LogP contribution in [0.4, 0.5) is 14.6 Å². The highest BCUT2D eigenvalue weighted by Gasteiger charge is 2.20. The Balaban J connectivity index is 2.52. The molecule has 0 bridgehead atoms. The van der Waals surface area contributed by atoms with Gasteiger partial charge in [-0.3, -0.25) is 0 Å². The summed E-state index contributed by atoms with van der Waals surface area (Å²) >= 11 is 0. The number of para-hydroxylation sites is 1. The van der Waals surface area contributed by atoms with Crippen LogP contribution in [0, 0.1) is 6.92 Å². The zero-order chi connectivity index (χ0) is 14.7. The van der Waals surface area contributed by atoms with Gasteiger partial charge in [0.2, 0.25) is 0 Å². The number of aromatic nitrogens is 2. The number of benzene rings is 1. The first-order chi connectivity index (χ1) is 9.54. The number of anilines is 1. The molecule has 0 radical (unpaired) electrons. The molecular formula is C14H18F2N4. The lowest BCUT2D eigenvalue weighted by Crippen LogP contribution is -2.27. The van der Waals surface area contributed by atoms with Crippen molar-refractivity contribution in [3.8, 4) is 5.69 Å². The largest absolute Gasteiger partial charge is 0.354 e. The zero-order valence-corrected chi connectivity index (χ0v) is 11.6. The quantitative estimate of drug-likeness (QED) is 0.914. The van der Waals surface area contributed by atoms with Crippen LogP contribution in [0.2, 0.25) is 0 Å². The molecule has 1 heterocycles. The molecule has 0 amide bonds. The molecule has 6 heteroatoms. The van der Waals surface area contributed by atoms with Crippen LogP contribution in [0.25, 0.3) is 5.69 Å². The summed E-state index contributed by atoms with van der Waals surface area (Å²) in [4.78, 5) is 1.50. The summed E-state index contributed by atoms with van der Waals surface area (Å²) < 4.78 is 27.0. The first-order valence-corrected chi connectivity index (χ1v) is 6.38. The maximum atomic E-state index is 12.6. The van der Waals surface area contributed by atoms with Crippen LogP contribution in [0.3, 0.4) is 0 Å². The Morgan fingerprint density at radius 2 is 1.95 bits per heavy atom. The van der Waals surface area contributed by atoms with Gasteiger partial charge in [0.15, 0.2) is 0 Å². The van der Waals surface area contributed by atoms with Crippen LogP contribution in [0.1, 0.15) is 11.3 Å². The molecule has 1 aromatic carbocycles. The summed E-state index contributed by atoms with van der Waals surface area (Å²) in [5, 5.41) is 4.43. The van der Waals surface area contributed by atoms with Crippen molar-refractivity contribution in [1.82, 2.24) is 9.78 Å². The van der Waals surface area contributed by atoms with Gasteiger partial charge in [-0.05, 0) is 19.1 Å². The average molecular weight is 280 g/mol. The molecule has 0 aliphatic carbocycles. The third-order valence-corrected chi connectivity index (χ3v) is 3.14. The molecule has 108 valence electrons. The molecule has 2 N–H and O–H groups in total. The molecule has 0 saturated carbocycles. The molecule has 20 heavy (non-hydrogen) atoms. The average Bonchev–Trinajstić information content (AvgIpc) is 2.75. The highest BCUT2D eigenvalue weighted by Crippen LogP contribution is 2.26. The minimum absolute atomic E-state index is 0.265. The molecule has 0 unspecified atom stereocenters. The Kier molecular flexibility index (Phi) is 4.34. The highest BCUT2D eigenvalue weighted by molar-refractivity contribution is 5.54. The van der Waals surface area contributed by atoms with Gasteiger partial charge in [0.25, 0.3) is 6.43 Å². The van der Waals surface area contributed by atoms with Gasteiger partial charge in [-0.2, -0.15) is 5.10 Å². The summed E-state index contributed by atoms with van der Waals surface area (Å²) in [6.07, 6.45) is -2.41. The van der Waals surface area contributed by atoms with Crippen molar-refractivity contribution < 1.29 is 8.78 Å². The summed E-state index contributed by atoms with van der Waals surface area (Å²) in [5.74, 6) is 0.622. The third kappa shape index (κ3) is 2.80. The second-order valence-electron chi connectivity index (χ2n) is 4.61. The first kappa shape index (κ1) is 14.5. The van der Waals surface area contributed by atoms with E-state index >= 15 is 0 Å². The van der Waals surface area contributed by atoms with Crippen molar-refractivity contribution >= 4 is 5.82 Å². The predicted molar refractivity (Wildman–Crippen MR) is 75.5 cm³/mol. The number of alkyl halides is 2. The normalized spacial score (nSPS) is 11.1. The molecule has 0 spiro atoms. The van der Waals surface area contributed by atoms with Crippen LogP contribution in [0.15, 0.2) is 30.3 Å². The van der Waals surface area contributed by atoms with Crippen LogP contribution in [0.5, 0.6) is 0 Å². The number of aryl methyl sites for hydroxylation is 1. The van der Waals surface area contributed by atoms with Gasteiger partial charge in [-0.1, -0.05) is 18.2 Å². The number of nitrogens with two attached hydrogens (primary N) is 1. The molecule has 0 fully saturated rings. The van der Waals surface area contributed by atoms with Crippen molar-refractivity contribution in [1.29, 1.82) is 0 Å². The fourth-order valence-electron chi connectivity index (χ4n) is 2.22. The van der Waals surface area contributed by atoms with Gasteiger partial charge < -0.3 is 10.6 Å². The smallest absolute Gasteiger partial charge is 0.255 e. The van der Waals surface area contributed by atoms with E-state index in [0.717, 1.165) is 16.9 Å². The van der Waals surface area contributed by atoms with Crippen molar-refractivity contribution in [3.05, 3.63) is 41.6 Å². The summed E-state index contributed by atoms with van der Waals surface area (Å²) in [5.41, 5.74) is 8.12. The summed E-state index contributed by atoms with van der Waals surface area (Å²) in [6, 6.07) is 9.42. The van der Waals surface area contributed by atoms with E-state index in [1.165, 1.54) is 4.90 Å². The minimum atomic E-state index is -2.41. The monoisotopic (exact) mass is 280 g/mol. The lowest BCUT2D eigenvalue weighted by molar-refractivity contribution is 0.156. The summed E-state index contributed by atoms with van der Waals surface area (Å²) in [6.45, 7) is 1.74. The van der Waals surface area contributed by atoms with Gasteiger partial charge in [0, 0.05) is 19.2 Å². The van der Waals surface area contributed by atoms with Crippen LogP contribution < -0.4 is 10.6 Å². The Labute approximate surface area is 116 Å². The van der Waals surface area contributed by atoms with Crippen molar-refractivity contribution in [2.45, 2.75) is 19.9 Å². The number of nitrogens with zero attached hydrogens (tertiary/aromatic N) is 3. The maximum Gasteiger partial charge on any atom is 0.255 e. The SMILES string of the molecule is Cc1nn(-c2ccccc2)c(N(C)CC(F)F)c1CN. The zero-order valence-electron chi connectivity index (χ0n) is 11.6. The highest BCUT2D eigenvalue weighted by atomic mass is 19.3. The molecule has 0 atom stereocenters. The second-order valence-corrected chi connectivity index (χ2v) is 4.61. The molecule has 1 aromatic heterocycles. The lowest BCUT2D eigenvalue weighted by Gasteiger charge is -2.21. The molecular weight excluding hydrogens is 262 g/mol. The maximum absolute atomic E-state index is 12.6. The van der Waals surface area contributed by atoms with Gasteiger partial charge in [-0.25, -0.2) is 13.5 Å². The fourth-order valence-corrected chi connectivity index (χ4v) is 2.22. The van der Waals surface area contributed by atoms with E-state index in [-0.39, 0.29) is 13.1 Å². The topological polar surface area (TPSA) is 47.1 Å². The van der Waals surface area contributed by atoms with Crippen LogP contribution in [-0.2, 0) is 6.54 Å². The number of hydrogen-bond donors (Lipinski definition) is 1. The van der Waals surface area contributed by atoms with E-state index in [4.69, 9.17) is 5.73 Å². The second kappa shape index (κ2) is 6.00. The molecule has 0 saturated heterocycles. The Morgan fingerprint density at radius 3 is 2.50 bits per heavy atom. The van der Waals surface area contributed by atoms with E-state index in [0.29, 0.717) is 5.82 Å². The number of halogens is 2. The number of hydrogen-bond acceptors (Lipinski definition) is 3. The minimum Gasteiger partial charge on any atom is -0.354 e. The Morgan fingerprint density at radius 1 is 1.30 bits per heavy atom. The van der Waals surface area contributed by atoms with E-state index in [9.17, 15) is 8.78 Å². The van der Waals surface area contributed by atoms with E-state index in [1.807, 2.05) is 37.3 Å². The van der Waals surface area contributed by atoms with Gasteiger partial charge in [-0.15, -0.1) is 0 Å². The molecule has 0 aliphatic heterocycles. The van der Waals surface area contributed by atoms with Crippen LogP contribution in [-0.4, -0.2) is 29.8 Å². The molecule has 0 aliphatic rings. The predicted octanol–water partition coefficient (Wildman–Crippen LogP) is 2.34. The Hall–Kier alpha value is -1.95. The van der Waals surface area contributed by atoms with E-state index < -0.39 is 6.43 Å². The van der Waals surface area contributed by atoms with Crippen molar-refractivity contribution in [2.24, 2.45) is 5.73 Å². The first-order valence-electron chi connectivity index (χ1n) is 6.38. The lowest BCUT2D eigenvalue weighted by atomic mass is 10.2. The van der Waals surface area contributed by atoms with Crippen LogP contribution >= 0.6 is 0 Å². The molecule has 4 nitrogen and oxygen atoms in total. The van der Waals surface area contributed by atoms with Gasteiger partial charge in [0.1, 0.15) is 5.82 Å². The van der Waals surface area contributed by atoms with E-state index in [2.05, 4.69) is 5.10 Å². The van der Waals surface area contributed by atoms with E-state index in [1.54, 1.807) is 11.7 Å². The standard InChI is InChI=1S/C14H18F2N4/c1-10-12(8-17)14(19(2)9-13(15)16)20(18-10)11-6-4-3-5-7-11/h3-7,13H,8-9,17H2,1-2H3. The van der Waals surface area contributed by atoms with Crippen molar-refractivity contribution in [2.75, 3.05) is 18.5 Å². The van der Waals surface area contributed by atoms with Gasteiger partial charge in [0.05, 0.1) is 17.9 Å². The van der Waals surface area contributed by atoms with Gasteiger partial charge >= 0.3 is 0 Å². The number of rotatable bonds is 5. The van der Waals surface area contributed by atoms with Crippen molar-refractivity contribution in [3.63, 3.8) is 0 Å². The third-order valence-electron chi connectivity index (χ3n) is 3.14.